The van der Waals surface area contributed by atoms with Gasteiger partial charge in [0.05, 0.1) is 22.9 Å². The zero-order valence-electron chi connectivity index (χ0n) is 21.6. The largest absolute Gasteiger partial charge is 0.417 e. The first kappa shape index (κ1) is 28.1. The van der Waals surface area contributed by atoms with Crippen LogP contribution < -0.4 is 10.6 Å². The van der Waals surface area contributed by atoms with E-state index in [0.29, 0.717) is 6.07 Å². The second kappa shape index (κ2) is 10.5. The zero-order chi connectivity index (χ0) is 28.9. The van der Waals surface area contributed by atoms with Gasteiger partial charge >= 0.3 is 11.9 Å². The summed E-state index contributed by atoms with van der Waals surface area (Å²) in [5, 5.41) is -0.393. The highest BCUT2D eigenvalue weighted by atomic mass is 32.2. The summed E-state index contributed by atoms with van der Waals surface area (Å²) in [7, 11) is 1.43. The van der Waals surface area contributed by atoms with E-state index < -0.39 is 45.4 Å². The molecule has 1 saturated heterocycles. The lowest BCUT2D eigenvalue weighted by Crippen LogP contribution is -2.54. The topological polar surface area (TPSA) is 67.7 Å². The van der Waals surface area contributed by atoms with E-state index in [-0.39, 0.29) is 66.4 Å². The number of hydrogen-bond acceptors (Lipinski definition) is 6. The Labute approximate surface area is 230 Å². The summed E-state index contributed by atoms with van der Waals surface area (Å²) in [6.45, 7) is 6.22. The van der Waals surface area contributed by atoms with Crippen LogP contribution in [0.15, 0.2) is 46.6 Å². The van der Waals surface area contributed by atoms with E-state index in [9.17, 15) is 27.2 Å². The van der Waals surface area contributed by atoms with Crippen LogP contribution in [0.4, 0.5) is 27.8 Å². The molecule has 2 aliphatic rings. The Kier molecular flexibility index (Phi) is 7.38. The summed E-state index contributed by atoms with van der Waals surface area (Å²) in [5.74, 6) is -2.31. The number of halogens is 5. The number of ether oxygens (including phenoxy) is 1. The van der Waals surface area contributed by atoms with Gasteiger partial charge in [0.25, 0.3) is 0 Å². The SMILES string of the molecule is C=CC(=O)N1CCN(c2nc(=O)n3c4c(c(-c5ccc(F)cc5F)c(C(F)(F)F)cc24)S[C@H](COC)C3)[C@@H](C)C1. The van der Waals surface area contributed by atoms with E-state index in [1.807, 2.05) is 0 Å². The molecule has 1 aromatic heterocycles. The first-order valence-electron chi connectivity index (χ1n) is 12.4. The molecule has 13 heteroatoms. The minimum Gasteiger partial charge on any atom is -0.383 e. The van der Waals surface area contributed by atoms with Crippen molar-refractivity contribution in [1.29, 1.82) is 0 Å². The highest BCUT2D eigenvalue weighted by molar-refractivity contribution is 8.00. The van der Waals surface area contributed by atoms with Crippen LogP contribution in [0.3, 0.4) is 0 Å². The van der Waals surface area contributed by atoms with Gasteiger partial charge in [0.2, 0.25) is 5.91 Å². The van der Waals surface area contributed by atoms with Crippen LogP contribution in [0.25, 0.3) is 22.0 Å². The molecule has 40 heavy (non-hydrogen) atoms. The lowest BCUT2D eigenvalue weighted by molar-refractivity contribution is -0.137. The number of alkyl halides is 3. The number of carbonyl (C=O) groups excluding carboxylic acids is 1. The summed E-state index contributed by atoms with van der Waals surface area (Å²) >= 11 is 1.06. The molecule has 2 atom stereocenters. The third-order valence-electron chi connectivity index (χ3n) is 7.11. The molecule has 1 fully saturated rings. The van der Waals surface area contributed by atoms with Crippen LogP contribution in [0.2, 0.25) is 0 Å². The van der Waals surface area contributed by atoms with Crippen molar-refractivity contribution in [2.45, 2.75) is 35.8 Å². The molecule has 2 aromatic carbocycles. The van der Waals surface area contributed by atoms with Gasteiger partial charge < -0.3 is 14.5 Å². The van der Waals surface area contributed by atoms with Crippen LogP contribution in [-0.2, 0) is 22.3 Å². The first-order valence-corrected chi connectivity index (χ1v) is 13.3. The van der Waals surface area contributed by atoms with Gasteiger partial charge in [-0.1, -0.05) is 6.58 Å². The van der Waals surface area contributed by atoms with Crippen molar-refractivity contribution in [2.75, 3.05) is 38.3 Å². The van der Waals surface area contributed by atoms with Crippen LogP contribution in [0, 0.1) is 11.6 Å². The number of carbonyl (C=O) groups is 1. The summed E-state index contributed by atoms with van der Waals surface area (Å²) in [4.78, 5) is 33.1. The molecule has 3 heterocycles. The molecule has 7 nitrogen and oxygen atoms in total. The Hall–Kier alpha value is -3.45. The molecule has 0 bridgehead atoms. The number of methoxy groups -OCH3 is 1. The molecule has 0 saturated carbocycles. The number of rotatable bonds is 5. The number of thioether (sulfide) groups is 1. The number of anilines is 1. The van der Waals surface area contributed by atoms with E-state index in [4.69, 9.17) is 4.74 Å². The molecule has 1 amide bonds. The van der Waals surface area contributed by atoms with Gasteiger partial charge in [0.15, 0.2) is 0 Å². The van der Waals surface area contributed by atoms with E-state index in [2.05, 4.69) is 11.6 Å². The Morgan fingerprint density at radius 1 is 1.23 bits per heavy atom. The molecular weight excluding hydrogens is 555 g/mol. The highest BCUT2D eigenvalue weighted by Gasteiger charge is 2.40. The number of piperazine rings is 1. The molecule has 0 N–H and O–H groups in total. The fraction of sp³-hybridized carbons (Fsp3) is 0.370. The van der Waals surface area contributed by atoms with Crippen molar-refractivity contribution >= 4 is 34.4 Å². The first-order chi connectivity index (χ1) is 18.9. The number of amides is 1. The lowest BCUT2D eigenvalue weighted by atomic mass is 9.95. The van der Waals surface area contributed by atoms with Crippen LogP contribution in [-0.4, -0.2) is 65.0 Å². The maximum Gasteiger partial charge on any atom is 0.417 e. The standard InChI is InChI=1S/C27H25F5N4O3S/c1-4-21(37)34-7-8-35(14(2)11-34)25-18-10-19(27(30,31)32)22(17-6-5-15(28)9-20(17)29)24-23(18)36(26(38)33-25)12-16(40-24)13-39-3/h4-6,9-10,14,16H,1,7-8,11-13H2,2-3H3/t14-,16-/m0/s1. The normalized spacial score (nSPS) is 19.3. The van der Waals surface area contributed by atoms with Gasteiger partial charge in [-0.25, -0.2) is 13.6 Å². The van der Waals surface area contributed by atoms with Crippen LogP contribution in [0.5, 0.6) is 0 Å². The van der Waals surface area contributed by atoms with Crippen molar-refractivity contribution < 1.29 is 31.5 Å². The highest BCUT2D eigenvalue weighted by Crippen LogP contribution is 2.50. The maximum absolute atomic E-state index is 15.0. The van der Waals surface area contributed by atoms with Crippen molar-refractivity contribution in [3.63, 3.8) is 0 Å². The van der Waals surface area contributed by atoms with Gasteiger partial charge in [0.1, 0.15) is 17.5 Å². The Morgan fingerprint density at radius 3 is 2.60 bits per heavy atom. The average Bonchev–Trinajstić information content (AvgIpc) is 2.89. The Bertz CT molecular complexity index is 1570. The third kappa shape index (κ3) is 4.85. The van der Waals surface area contributed by atoms with Gasteiger partial charge in [-0.15, -0.1) is 11.8 Å². The zero-order valence-corrected chi connectivity index (χ0v) is 22.4. The van der Waals surface area contributed by atoms with E-state index >= 15 is 4.39 Å². The van der Waals surface area contributed by atoms with Crippen molar-refractivity contribution in [2.24, 2.45) is 0 Å². The summed E-state index contributed by atoms with van der Waals surface area (Å²) in [5.41, 5.74) is -2.52. The minimum atomic E-state index is -4.92. The number of nitrogens with zero attached hydrogens (tertiary/aromatic N) is 4. The molecule has 3 aromatic rings. The van der Waals surface area contributed by atoms with Gasteiger partial charge in [-0.05, 0) is 31.2 Å². The maximum atomic E-state index is 15.0. The minimum absolute atomic E-state index is 0.0394. The fourth-order valence-corrected chi connectivity index (χ4v) is 6.79. The molecule has 5 rings (SSSR count). The van der Waals surface area contributed by atoms with Crippen LogP contribution >= 0.6 is 11.8 Å². The number of hydrogen-bond donors (Lipinski definition) is 0. The van der Waals surface area contributed by atoms with E-state index in [1.165, 1.54) is 17.8 Å². The van der Waals surface area contributed by atoms with Gasteiger partial charge in [0, 0.05) is 66.8 Å². The molecule has 0 spiro atoms. The predicted molar refractivity (Wildman–Crippen MR) is 141 cm³/mol. The lowest BCUT2D eigenvalue weighted by Gasteiger charge is -2.41. The third-order valence-corrected chi connectivity index (χ3v) is 8.37. The van der Waals surface area contributed by atoms with Gasteiger partial charge in [-0.3, -0.25) is 9.36 Å². The molecular formula is C27H25F5N4O3S. The van der Waals surface area contributed by atoms with Crippen molar-refractivity contribution in [1.82, 2.24) is 14.5 Å². The molecule has 0 aliphatic carbocycles. The molecule has 2 aliphatic heterocycles. The quantitative estimate of drug-likeness (QED) is 0.322. The summed E-state index contributed by atoms with van der Waals surface area (Å²) in [6.07, 6.45) is -3.73. The Morgan fingerprint density at radius 2 is 1.98 bits per heavy atom. The second-order valence-corrected chi connectivity index (χ2v) is 11.0. The second-order valence-electron chi connectivity index (χ2n) is 9.70. The van der Waals surface area contributed by atoms with Crippen molar-refractivity contribution in [3.8, 4) is 11.1 Å². The fourth-order valence-electron chi connectivity index (χ4n) is 5.36. The van der Waals surface area contributed by atoms with E-state index in [1.54, 1.807) is 16.7 Å². The number of benzene rings is 2. The van der Waals surface area contributed by atoms with Gasteiger partial charge in [-0.2, -0.15) is 18.2 Å². The van der Waals surface area contributed by atoms with Crippen LogP contribution in [0.1, 0.15) is 12.5 Å². The monoisotopic (exact) mass is 580 g/mol. The smallest absolute Gasteiger partial charge is 0.383 e. The van der Waals surface area contributed by atoms with E-state index in [0.717, 1.165) is 30.0 Å². The summed E-state index contributed by atoms with van der Waals surface area (Å²) < 4.78 is 79.3. The molecule has 212 valence electrons. The Balaban J connectivity index is 1.82. The predicted octanol–water partition coefficient (Wildman–Crippen LogP) is 4.70. The molecule has 0 unspecified atom stereocenters. The van der Waals surface area contributed by atoms with Crippen molar-refractivity contribution in [3.05, 3.63) is 64.6 Å². The summed E-state index contributed by atoms with van der Waals surface area (Å²) in [6, 6.07) is 2.91. The number of aromatic nitrogens is 2. The molecule has 0 radical (unpaired) electrons. The average molecular weight is 581 g/mol.